The van der Waals surface area contributed by atoms with Gasteiger partial charge in [-0.05, 0) is 43.0 Å². The van der Waals surface area contributed by atoms with Gasteiger partial charge in [0.25, 0.3) is 10.0 Å². The van der Waals surface area contributed by atoms with Crippen LogP contribution in [0.2, 0.25) is 5.02 Å². The van der Waals surface area contributed by atoms with Gasteiger partial charge in [0.15, 0.2) is 0 Å². The van der Waals surface area contributed by atoms with Gasteiger partial charge in [0.1, 0.15) is 6.61 Å². The van der Waals surface area contributed by atoms with Gasteiger partial charge < -0.3 is 19.9 Å². The van der Waals surface area contributed by atoms with Gasteiger partial charge in [0.05, 0.1) is 27.3 Å². The first kappa shape index (κ1) is 32.6. The molecular formula is C36H35ClN6O5S. The van der Waals surface area contributed by atoms with Crippen molar-refractivity contribution in [3.05, 3.63) is 108 Å². The molecule has 3 aromatic carbocycles. The van der Waals surface area contributed by atoms with Crippen molar-refractivity contribution in [2.45, 2.75) is 36.8 Å². The van der Waals surface area contributed by atoms with Gasteiger partial charge in [-0.3, -0.25) is 4.79 Å². The maximum absolute atomic E-state index is 13.6. The fraction of sp³-hybridized carbons (Fsp3) is 0.278. The lowest BCUT2D eigenvalue weighted by atomic mass is 9.95. The third-order valence-electron chi connectivity index (χ3n) is 9.12. The van der Waals surface area contributed by atoms with E-state index in [9.17, 15) is 18.0 Å². The number of benzene rings is 3. The molecule has 2 fully saturated rings. The molecule has 11 nitrogen and oxygen atoms in total. The number of hydrogen-bond acceptors (Lipinski definition) is 8. The zero-order valence-corrected chi connectivity index (χ0v) is 28.2. The number of rotatable bonds is 8. The van der Waals surface area contributed by atoms with Crippen LogP contribution in [0.5, 0.6) is 0 Å². The van der Waals surface area contributed by atoms with Gasteiger partial charge in [-0.1, -0.05) is 78.3 Å². The quantitative estimate of drug-likeness (QED) is 0.208. The van der Waals surface area contributed by atoms with Gasteiger partial charge in [-0.15, -0.1) is 0 Å². The van der Waals surface area contributed by atoms with Crippen LogP contribution < -0.4 is 5.32 Å². The number of hydrogen-bond donors (Lipinski definition) is 1. The Hall–Kier alpha value is -4.94. The van der Waals surface area contributed by atoms with E-state index in [1.165, 1.54) is 10.2 Å². The molecule has 13 heteroatoms. The minimum atomic E-state index is -3.89. The van der Waals surface area contributed by atoms with Crippen LogP contribution in [-0.4, -0.2) is 76.4 Å². The highest BCUT2D eigenvalue weighted by molar-refractivity contribution is 7.90. The Bertz CT molecular complexity index is 2090. The summed E-state index contributed by atoms with van der Waals surface area (Å²) in [5, 5.41) is 4.32. The van der Waals surface area contributed by atoms with Gasteiger partial charge in [-0.25, -0.2) is 27.2 Å². The van der Waals surface area contributed by atoms with E-state index >= 15 is 0 Å². The van der Waals surface area contributed by atoms with E-state index in [2.05, 4.69) is 10.3 Å². The minimum Gasteiger partial charge on any atom is -0.445 e. The van der Waals surface area contributed by atoms with E-state index in [-0.39, 0.29) is 40.5 Å². The number of carbonyl (C=O) groups is 2. The summed E-state index contributed by atoms with van der Waals surface area (Å²) in [4.78, 5) is 38.9. The Morgan fingerprint density at radius 2 is 1.55 bits per heavy atom. The maximum Gasteiger partial charge on any atom is 0.410 e. The fourth-order valence-electron chi connectivity index (χ4n) is 6.51. The molecule has 2 aliphatic heterocycles. The summed E-state index contributed by atoms with van der Waals surface area (Å²) in [5.41, 5.74) is 2.40. The third kappa shape index (κ3) is 6.83. The second kappa shape index (κ2) is 13.9. The molecule has 1 N–H and O–H groups in total. The van der Waals surface area contributed by atoms with Crippen LogP contribution in [0.3, 0.4) is 0 Å². The van der Waals surface area contributed by atoms with Crippen LogP contribution >= 0.6 is 11.6 Å². The highest BCUT2D eigenvalue weighted by Crippen LogP contribution is 2.36. The predicted molar refractivity (Wildman–Crippen MR) is 187 cm³/mol. The molecular weight excluding hydrogens is 664 g/mol. The van der Waals surface area contributed by atoms with Crippen molar-refractivity contribution in [1.82, 2.24) is 23.7 Å². The van der Waals surface area contributed by atoms with Crippen LogP contribution in [0, 0.1) is 5.92 Å². The van der Waals surface area contributed by atoms with Crippen LogP contribution in [0.1, 0.15) is 24.8 Å². The SMILES string of the molecule is O=C(OCc1ccccc1)N1CCC(C(=O)N2CC[C@@H](Nc3ncc(Cl)c(-c4cn(S(=O)(=O)c5ccccc5)c5ccccc45)n3)C2)CC1. The number of carbonyl (C=O) groups excluding carboxylic acids is 2. The Morgan fingerprint density at radius 3 is 2.31 bits per heavy atom. The number of aromatic nitrogens is 3. The number of para-hydroxylation sites is 1. The smallest absolute Gasteiger partial charge is 0.410 e. The van der Waals surface area contributed by atoms with Crippen molar-refractivity contribution in [3.8, 4) is 11.3 Å². The number of anilines is 1. The van der Waals surface area contributed by atoms with Crippen molar-refractivity contribution >= 4 is 50.5 Å². The zero-order chi connectivity index (χ0) is 34.0. The molecule has 0 aliphatic carbocycles. The van der Waals surface area contributed by atoms with Crippen molar-refractivity contribution < 1.29 is 22.7 Å². The summed E-state index contributed by atoms with van der Waals surface area (Å²) in [6, 6.07) is 25.0. The third-order valence-corrected chi connectivity index (χ3v) is 11.1. The summed E-state index contributed by atoms with van der Waals surface area (Å²) in [6.45, 7) is 2.27. The van der Waals surface area contributed by atoms with Crippen LogP contribution in [0.25, 0.3) is 22.2 Å². The van der Waals surface area contributed by atoms with Crippen LogP contribution in [-0.2, 0) is 26.2 Å². The Morgan fingerprint density at radius 1 is 0.878 bits per heavy atom. The number of amides is 2. The molecule has 5 aromatic rings. The summed E-state index contributed by atoms with van der Waals surface area (Å²) in [5.74, 6) is 0.273. The van der Waals surface area contributed by atoms with E-state index in [0.717, 1.165) is 5.56 Å². The first-order valence-corrected chi connectivity index (χ1v) is 18.0. The molecule has 1 atom stereocenters. The predicted octanol–water partition coefficient (Wildman–Crippen LogP) is 6.05. The van der Waals surface area contributed by atoms with E-state index in [1.54, 1.807) is 53.6 Å². The molecule has 2 aliphatic rings. The molecule has 0 unspecified atom stereocenters. The highest BCUT2D eigenvalue weighted by Gasteiger charge is 2.34. The minimum absolute atomic E-state index is 0.0779. The Kier molecular flexibility index (Phi) is 9.24. The van der Waals surface area contributed by atoms with Gasteiger partial charge in [0.2, 0.25) is 11.9 Å². The number of halogens is 1. The number of fused-ring (bicyclic) bond motifs is 1. The highest BCUT2D eigenvalue weighted by atomic mass is 35.5. The second-order valence-electron chi connectivity index (χ2n) is 12.3. The molecule has 49 heavy (non-hydrogen) atoms. The Labute approximate surface area is 289 Å². The van der Waals surface area contributed by atoms with Crippen LogP contribution in [0.4, 0.5) is 10.7 Å². The van der Waals surface area contributed by atoms with Gasteiger partial charge in [-0.2, -0.15) is 0 Å². The van der Waals surface area contributed by atoms with Crippen molar-refractivity contribution in [2.24, 2.45) is 5.92 Å². The van der Waals surface area contributed by atoms with Crippen molar-refractivity contribution in [1.29, 1.82) is 0 Å². The normalized spacial score (nSPS) is 17.0. The van der Waals surface area contributed by atoms with Crippen LogP contribution in [0.15, 0.2) is 102 Å². The monoisotopic (exact) mass is 698 g/mol. The number of likely N-dealkylation sites (tertiary alicyclic amines) is 2. The average molecular weight is 699 g/mol. The summed E-state index contributed by atoms with van der Waals surface area (Å²) < 4.78 is 34.0. The molecule has 2 aromatic heterocycles. The van der Waals surface area contributed by atoms with E-state index < -0.39 is 10.0 Å². The van der Waals surface area contributed by atoms with E-state index in [4.69, 9.17) is 21.3 Å². The van der Waals surface area contributed by atoms with E-state index in [1.807, 2.05) is 47.4 Å². The largest absolute Gasteiger partial charge is 0.445 e. The second-order valence-corrected chi connectivity index (χ2v) is 14.5. The Balaban J connectivity index is 0.997. The first-order valence-electron chi connectivity index (χ1n) is 16.2. The molecule has 0 radical (unpaired) electrons. The van der Waals surface area contributed by atoms with Crippen molar-refractivity contribution in [3.63, 3.8) is 0 Å². The summed E-state index contributed by atoms with van der Waals surface area (Å²) in [7, 11) is -3.89. The molecule has 7 rings (SSSR count). The van der Waals surface area contributed by atoms with Crippen molar-refractivity contribution in [2.75, 3.05) is 31.5 Å². The number of ether oxygens (including phenoxy) is 1. The zero-order valence-electron chi connectivity index (χ0n) is 26.6. The number of piperidine rings is 1. The lowest BCUT2D eigenvalue weighted by Crippen LogP contribution is -2.44. The number of nitrogens with zero attached hydrogens (tertiary/aromatic N) is 5. The maximum atomic E-state index is 13.6. The topological polar surface area (TPSA) is 127 Å². The summed E-state index contributed by atoms with van der Waals surface area (Å²) in [6.07, 6.45) is 4.59. The molecule has 252 valence electrons. The molecule has 0 bridgehead atoms. The summed E-state index contributed by atoms with van der Waals surface area (Å²) >= 11 is 6.62. The van der Waals surface area contributed by atoms with Gasteiger partial charge in [0, 0.05) is 55.3 Å². The number of nitrogens with one attached hydrogen (secondary N) is 1. The van der Waals surface area contributed by atoms with Gasteiger partial charge >= 0.3 is 6.09 Å². The fourth-order valence-corrected chi connectivity index (χ4v) is 8.09. The molecule has 2 amide bonds. The standard InChI is InChI=1S/C36H35ClN6O5S/c37-31-21-38-35(40-33(31)30-23-43(32-14-8-7-13-29(30)32)49(46,47)28-11-5-2-6-12-28)39-27-17-20-42(22-27)34(44)26-15-18-41(19-16-26)36(45)48-24-25-9-3-1-4-10-25/h1-14,21,23,26-27H,15-20,22,24H2,(H,38,39,40)/t27-/m1/s1. The average Bonchev–Trinajstić information content (AvgIpc) is 3.77. The first-order chi connectivity index (χ1) is 23.8. The molecule has 0 saturated carbocycles. The lowest BCUT2D eigenvalue weighted by Gasteiger charge is -2.32. The molecule has 2 saturated heterocycles. The molecule has 0 spiro atoms. The van der Waals surface area contributed by atoms with E-state index in [0.29, 0.717) is 73.6 Å². The lowest BCUT2D eigenvalue weighted by molar-refractivity contribution is -0.135. The molecule has 4 heterocycles.